The van der Waals surface area contributed by atoms with Gasteiger partial charge in [-0.2, -0.15) is 43.2 Å². The van der Waals surface area contributed by atoms with E-state index >= 15 is 0 Å². The molecule has 63 heavy (non-hydrogen) atoms. The number of hydrogen-bond acceptors (Lipinski definition) is 8. The SMILES string of the molecule is COc1cc(C(C)(C)C)cc(C(C)(C)C)c1-c1nc(-c2ccc(C)c(-c3c(OC)cc(C(C)(C)C)cc3C(C)(C)C)n2)ccc1C.O=S(=O)(O)C(F)(F)F.O=S(=O)(O)C(F)(F)F.[Cu]. The summed E-state index contributed by atoms with van der Waals surface area (Å²) in [6, 6.07) is 17.5. The van der Waals surface area contributed by atoms with Crippen LogP contribution in [-0.2, 0) is 59.0 Å². The Morgan fingerprint density at radius 3 is 0.937 bits per heavy atom. The van der Waals surface area contributed by atoms with Crippen LogP contribution in [0.1, 0.15) is 116 Å². The summed E-state index contributed by atoms with van der Waals surface area (Å²) in [5.74, 6) is 1.70. The molecule has 2 aromatic carbocycles. The summed E-state index contributed by atoms with van der Waals surface area (Å²) in [5.41, 5.74) is 1.37. The predicted molar refractivity (Wildman–Crippen MR) is 231 cm³/mol. The summed E-state index contributed by atoms with van der Waals surface area (Å²) in [5, 5.41) is 0. The van der Waals surface area contributed by atoms with Crippen molar-refractivity contribution >= 4 is 20.2 Å². The first-order valence-corrected chi connectivity index (χ1v) is 22.0. The number of benzene rings is 2. The van der Waals surface area contributed by atoms with E-state index in [0.717, 1.165) is 56.5 Å². The van der Waals surface area contributed by atoms with Gasteiger partial charge in [-0.15, -0.1) is 0 Å². The van der Waals surface area contributed by atoms with E-state index in [1.807, 2.05) is 0 Å². The molecular weight excluding hydrogens is 926 g/mol. The molecular formula is C44H58CuF6N2O8S2. The fraction of sp³-hybridized carbons (Fsp3) is 0.500. The molecule has 0 aliphatic rings. The zero-order valence-corrected chi connectivity index (χ0v) is 40.8. The number of aromatic nitrogens is 2. The molecule has 4 aromatic rings. The van der Waals surface area contributed by atoms with Crippen molar-refractivity contribution in [3.05, 3.63) is 81.9 Å². The molecule has 0 fully saturated rings. The molecule has 10 nitrogen and oxygen atoms in total. The van der Waals surface area contributed by atoms with Gasteiger partial charge in [-0.25, -0.2) is 9.97 Å². The Morgan fingerprint density at radius 1 is 0.492 bits per heavy atom. The summed E-state index contributed by atoms with van der Waals surface area (Å²) < 4.78 is 127. The molecule has 0 aliphatic carbocycles. The number of alkyl halides is 6. The topological polar surface area (TPSA) is 153 Å². The second-order valence-corrected chi connectivity index (χ2v) is 21.6. The van der Waals surface area contributed by atoms with E-state index in [1.54, 1.807) is 14.2 Å². The Kier molecular flexibility index (Phi) is 18.0. The van der Waals surface area contributed by atoms with Gasteiger partial charge < -0.3 is 9.47 Å². The molecule has 0 saturated carbocycles. The number of pyridine rings is 2. The van der Waals surface area contributed by atoms with E-state index in [1.165, 1.54) is 22.3 Å². The molecule has 1 radical (unpaired) electrons. The molecule has 0 aliphatic heterocycles. The van der Waals surface area contributed by atoms with Crippen LogP contribution in [0.25, 0.3) is 33.9 Å². The van der Waals surface area contributed by atoms with E-state index in [9.17, 15) is 26.3 Å². The smallest absolute Gasteiger partial charge is 0.496 e. The maximum absolute atomic E-state index is 10.7. The first kappa shape index (κ1) is 57.3. The largest absolute Gasteiger partial charge is 0.522 e. The maximum atomic E-state index is 10.7. The molecule has 19 heteroatoms. The predicted octanol–water partition coefficient (Wildman–Crippen LogP) is 12.1. The molecule has 0 saturated heterocycles. The van der Waals surface area contributed by atoms with Gasteiger partial charge in [0.25, 0.3) is 0 Å². The van der Waals surface area contributed by atoms with Crippen LogP contribution in [0, 0.1) is 13.8 Å². The second kappa shape index (κ2) is 19.8. The van der Waals surface area contributed by atoms with Crippen LogP contribution in [0.15, 0.2) is 48.5 Å². The molecule has 0 amide bonds. The van der Waals surface area contributed by atoms with Crippen LogP contribution in [0.4, 0.5) is 26.3 Å². The molecule has 0 unspecified atom stereocenters. The first-order chi connectivity index (χ1) is 27.6. The molecule has 2 heterocycles. The normalized spacial score (nSPS) is 12.9. The van der Waals surface area contributed by atoms with E-state index < -0.39 is 31.3 Å². The fourth-order valence-corrected chi connectivity index (χ4v) is 5.94. The fourth-order valence-electron chi connectivity index (χ4n) is 5.94. The van der Waals surface area contributed by atoms with Gasteiger partial charge in [0.15, 0.2) is 0 Å². The summed E-state index contributed by atoms with van der Waals surface area (Å²) in [6.45, 7) is 31.3. The van der Waals surface area contributed by atoms with Crippen LogP contribution in [-0.4, -0.2) is 61.1 Å². The summed E-state index contributed by atoms with van der Waals surface area (Å²) >= 11 is 0. The zero-order valence-electron chi connectivity index (χ0n) is 38.2. The average molecular weight is 985 g/mol. The third-order valence-corrected chi connectivity index (χ3v) is 10.7. The number of aryl methyl sites for hydroxylation is 2. The van der Waals surface area contributed by atoms with Gasteiger partial charge in [-0.05, 0) is 93.2 Å². The van der Waals surface area contributed by atoms with Gasteiger partial charge in [0.1, 0.15) is 11.5 Å². The summed E-state index contributed by atoms with van der Waals surface area (Å²) in [6.07, 6.45) is 0. The number of rotatable bonds is 5. The Balaban J connectivity index is 0.000000988. The Bertz CT molecular complexity index is 2310. The molecule has 357 valence electrons. The van der Waals surface area contributed by atoms with Gasteiger partial charge >= 0.3 is 31.3 Å². The minimum absolute atomic E-state index is 0. The van der Waals surface area contributed by atoms with Crippen LogP contribution < -0.4 is 9.47 Å². The molecule has 0 bridgehead atoms. The maximum Gasteiger partial charge on any atom is 0.522 e. The van der Waals surface area contributed by atoms with Crippen molar-refractivity contribution in [1.82, 2.24) is 9.97 Å². The molecule has 0 spiro atoms. The number of halogens is 6. The third-order valence-electron chi connectivity index (χ3n) is 9.51. The first-order valence-electron chi connectivity index (χ1n) is 19.1. The second-order valence-electron chi connectivity index (χ2n) is 18.8. The van der Waals surface area contributed by atoms with Crippen molar-refractivity contribution in [2.45, 2.75) is 130 Å². The van der Waals surface area contributed by atoms with Crippen LogP contribution in [0.2, 0.25) is 0 Å². The van der Waals surface area contributed by atoms with Crippen molar-refractivity contribution in [3.8, 4) is 45.4 Å². The number of methoxy groups -OCH3 is 2. The van der Waals surface area contributed by atoms with Crippen LogP contribution in [0.5, 0.6) is 11.5 Å². The van der Waals surface area contributed by atoms with Crippen molar-refractivity contribution < 1.29 is 78.8 Å². The van der Waals surface area contributed by atoms with Crippen molar-refractivity contribution in [2.75, 3.05) is 14.2 Å². The minimum atomic E-state index is -5.84. The van der Waals surface area contributed by atoms with E-state index in [2.05, 4.69) is 145 Å². The van der Waals surface area contributed by atoms with E-state index in [-0.39, 0.29) is 38.7 Å². The molecule has 4 rings (SSSR count). The Labute approximate surface area is 378 Å². The minimum Gasteiger partial charge on any atom is -0.496 e. The molecule has 0 atom stereocenters. The van der Waals surface area contributed by atoms with Crippen molar-refractivity contribution in [2.24, 2.45) is 0 Å². The third kappa shape index (κ3) is 14.6. The van der Waals surface area contributed by atoms with Crippen molar-refractivity contribution in [3.63, 3.8) is 0 Å². The average Bonchev–Trinajstić information content (AvgIpc) is 3.08. The van der Waals surface area contributed by atoms with Crippen LogP contribution in [0.3, 0.4) is 0 Å². The van der Waals surface area contributed by atoms with Crippen LogP contribution >= 0.6 is 0 Å². The zero-order chi connectivity index (χ0) is 48.6. The van der Waals surface area contributed by atoms with Crippen molar-refractivity contribution in [1.29, 1.82) is 0 Å². The molecule has 2 N–H and O–H groups in total. The standard InChI is InChI=1S/C42H56N2O2.2CHF3O3S.Cu/c1-25-17-19-31(43-37(25)35-29(41(9,10)11)21-27(39(3,4)5)23-33(35)45-15)32-20-18-26(2)38(44-32)36-30(42(12,13)14)22-28(40(6,7)8)24-34(36)46-16;2*2-1(3,4)8(5,6)7;/h17-24H,1-16H3;2*(H,5,6,7);. The Morgan fingerprint density at radius 2 is 0.746 bits per heavy atom. The van der Waals surface area contributed by atoms with E-state index in [0.29, 0.717) is 0 Å². The van der Waals surface area contributed by atoms with Gasteiger partial charge in [0, 0.05) is 28.2 Å². The Hall–Kier alpha value is -3.74. The molecule has 2 aromatic heterocycles. The summed E-state index contributed by atoms with van der Waals surface area (Å²) in [7, 11) is -8.16. The van der Waals surface area contributed by atoms with Gasteiger partial charge in [-0.3, -0.25) is 9.11 Å². The quantitative estimate of drug-likeness (QED) is 0.0855. The van der Waals surface area contributed by atoms with Gasteiger partial charge in [-0.1, -0.05) is 107 Å². The number of ether oxygens (including phenoxy) is 2. The number of hydrogen-bond donors (Lipinski definition) is 2. The van der Waals surface area contributed by atoms with Gasteiger partial charge in [0.05, 0.1) is 37.0 Å². The monoisotopic (exact) mass is 983 g/mol. The van der Waals surface area contributed by atoms with Gasteiger partial charge in [0.2, 0.25) is 0 Å². The number of nitrogens with zero attached hydrogens (tertiary/aromatic N) is 2. The summed E-state index contributed by atoms with van der Waals surface area (Å²) in [4.78, 5) is 10.7. The van der Waals surface area contributed by atoms with E-state index in [4.69, 9.17) is 45.4 Å².